The van der Waals surface area contributed by atoms with Gasteiger partial charge in [-0.3, -0.25) is 9.56 Å². The van der Waals surface area contributed by atoms with Gasteiger partial charge in [-0.2, -0.15) is 0 Å². The first-order chi connectivity index (χ1) is 12.3. The molecule has 0 saturated heterocycles. The quantitative estimate of drug-likeness (QED) is 0.255. The zero-order chi connectivity index (χ0) is 17.3. The molecule has 0 atom stereocenters. The highest BCUT2D eigenvalue weighted by atomic mass is 127. The molecule has 0 spiro atoms. The summed E-state index contributed by atoms with van der Waals surface area (Å²) in [5, 5.41) is 6.60. The van der Waals surface area contributed by atoms with Crippen LogP contribution in [-0.4, -0.2) is 47.3 Å². The van der Waals surface area contributed by atoms with Crippen molar-refractivity contribution in [3.05, 3.63) is 42.6 Å². The predicted octanol–water partition coefficient (Wildman–Crippen LogP) is 2.37. The van der Waals surface area contributed by atoms with E-state index in [4.69, 9.17) is 4.74 Å². The van der Waals surface area contributed by atoms with Gasteiger partial charge in [0, 0.05) is 51.9 Å². The lowest BCUT2D eigenvalue weighted by Gasteiger charge is -2.12. The minimum Gasteiger partial charge on any atom is -0.381 e. The molecule has 1 saturated carbocycles. The van der Waals surface area contributed by atoms with Crippen LogP contribution in [0.3, 0.4) is 0 Å². The van der Waals surface area contributed by atoms with E-state index in [1.54, 1.807) is 19.6 Å². The lowest BCUT2D eigenvalue weighted by atomic mass is 10.3. The number of aromatic nitrogens is 3. The van der Waals surface area contributed by atoms with Crippen LogP contribution in [0.1, 0.15) is 24.8 Å². The molecule has 2 aromatic rings. The molecule has 2 N–H and O–H groups in total. The third-order valence-electron chi connectivity index (χ3n) is 4.07. The molecule has 0 aliphatic heterocycles. The molecule has 8 heteroatoms. The van der Waals surface area contributed by atoms with Gasteiger partial charge in [-0.15, -0.1) is 24.0 Å². The minimum absolute atomic E-state index is 0. The molecule has 1 aliphatic carbocycles. The number of pyridine rings is 1. The first-order valence-electron chi connectivity index (χ1n) is 8.80. The fourth-order valence-electron chi connectivity index (χ4n) is 2.39. The van der Waals surface area contributed by atoms with Crippen molar-refractivity contribution in [2.24, 2.45) is 10.9 Å². The second-order valence-corrected chi connectivity index (χ2v) is 6.22. The summed E-state index contributed by atoms with van der Waals surface area (Å²) in [7, 11) is 1.78. The van der Waals surface area contributed by atoms with Crippen molar-refractivity contribution in [1.82, 2.24) is 25.2 Å². The second kappa shape index (κ2) is 11.1. The van der Waals surface area contributed by atoms with E-state index in [9.17, 15) is 0 Å². The third kappa shape index (κ3) is 6.91. The monoisotopic (exact) mass is 470 g/mol. The number of nitrogens with zero attached hydrogens (tertiary/aromatic N) is 4. The highest BCUT2D eigenvalue weighted by Crippen LogP contribution is 2.28. The van der Waals surface area contributed by atoms with E-state index in [1.165, 1.54) is 12.8 Å². The van der Waals surface area contributed by atoms with Crippen molar-refractivity contribution in [2.45, 2.75) is 25.8 Å². The molecule has 7 nitrogen and oxygen atoms in total. The fourth-order valence-corrected chi connectivity index (χ4v) is 2.39. The first-order valence-corrected chi connectivity index (χ1v) is 8.80. The van der Waals surface area contributed by atoms with Gasteiger partial charge in [0.1, 0.15) is 12.1 Å². The van der Waals surface area contributed by atoms with Gasteiger partial charge in [0.2, 0.25) is 0 Å². The molecule has 26 heavy (non-hydrogen) atoms. The van der Waals surface area contributed by atoms with Crippen LogP contribution in [0.25, 0.3) is 5.82 Å². The molecule has 1 fully saturated rings. The van der Waals surface area contributed by atoms with Crippen LogP contribution in [0.4, 0.5) is 0 Å². The molecule has 0 bridgehead atoms. The number of ether oxygens (including phenoxy) is 1. The van der Waals surface area contributed by atoms with Crippen molar-refractivity contribution in [3.8, 4) is 5.82 Å². The van der Waals surface area contributed by atoms with E-state index in [1.807, 2.05) is 29.1 Å². The number of rotatable bonds is 9. The summed E-state index contributed by atoms with van der Waals surface area (Å²) in [6, 6.07) is 4.03. The van der Waals surface area contributed by atoms with Gasteiger partial charge in [-0.25, -0.2) is 9.97 Å². The molecule has 0 aromatic carbocycles. The zero-order valence-electron chi connectivity index (χ0n) is 15.1. The topological polar surface area (TPSA) is 76.4 Å². The molecule has 2 aromatic heterocycles. The van der Waals surface area contributed by atoms with Gasteiger partial charge in [-0.1, -0.05) is 6.07 Å². The van der Waals surface area contributed by atoms with Crippen LogP contribution in [0.2, 0.25) is 0 Å². The van der Waals surface area contributed by atoms with Crippen LogP contribution < -0.4 is 10.6 Å². The van der Waals surface area contributed by atoms with E-state index in [-0.39, 0.29) is 24.0 Å². The summed E-state index contributed by atoms with van der Waals surface area (Å²) < 4.78 is 7.51. The Hall–Kier alpha value is -1.68. The van der Waals surface area contributed by atoms with Gasteiger partial charge >= 0.3 is 0 Å². The summed E-state index contributed by atoms with van der Waals surface area (Å²) in [5.74, 6) is 2.48. The molecular weight excluding hydrogens is 443 g/mol. The van der Waals surface area contributed by atoms with E-state index in [0.29, 0.717) is 6.54 Å². The predicted molar refractivity (Wildman–Crippen MR) is 113 cm³/mol. The average Bonchev–Trinajstić information content (AvgIpc) is 3.31. The Morgan fingerprint density at radius 2 is 2.23 bits per heavy atom. The molecule has 0 unspecified atom stereocenters. The van der Waals surface area contributed by atoms with Gasteiger partial charge in [0.25, 0.3) is 0 Å². The maximum atomic E-state index is 5.63. The normalized spacial score (nSPS) is 14.0. The Kier molecular flexibility index (Phi) is 8.82. The molecule has 142 valence electrons. The number of imidazole rings is 1. The van der Waals surface area contributed by atoms with Crippen LogP contribution in [-0.2, 0) is 11.3 Å². The Bertz CT molecular complexity index is 655. The van der Waals surface area contributed by atoms with Crippen molar-refractivity contribution in [3.63, 3.8) is 0 Å². The van der Waals surface area contributed by atoms with E-state index < -0.39 is 0 Å². The Morgan fingerprint density at radius 3 is 2.88 bits per heavy atom. The van der Waals surface area contributed by atoms with Crippen LogP contribution in [0, 0.1) is 5.92 Å². The van der Waals surface area contributed by atoms with E-state index in [0.717, 1.165) is 49.4 Å². The molecule has 3 rings (SSSR count). The minimum atomic E-state index is 0. The fraction of sp³-hybridized carbons (Fsp3) is 0.500. The number of hydrogen-bond acceptors (Lipinski definition) is 4. The number of hydrogen-bond donors (Lipinski definition) is 2. The van der Waals surface area contributed by atoms with Crippen LogP contribution >= 0.6 is 24.0 Å². The Balaban J connectivity index is 0.00000243. The van der Waals surface area contributed by atoms with Crippen molar-refractivity contribution in [2.75, 3.05) is 26.8 Å². The lowest BCUT2D eigenvalue weighted by molar-refractivity contribution is 0.123. The molecule has 0 radical (unpaired) electrons. The van der Waals surface area contributed by atoms with Gasteiger partial charge in [-0.05, 0) is 36.8 Å². The number of aliphatic imine (C=N–C) groups is 1. The summed E-state index contributed by atoms with van der Waals surface area (Å²) in [5.41, 5.74) is 1.10. The largest absolute Gasteiger partial charge is 0.381 e. The molecule has 0 amide bonds. The van der Waals surface area contributed by atoms with E-state index >= 15 is 0 Å². The van der Waals surface area contributed by atoms with Crippen molar-refractivity contribution >= 4 is 29.9 Å². The maximum Gasteiger partial charge on any atom is 0.191 e. The van der Waals surface area contributed by atoms with Gasteiger partial charge < -0.3 is 15.4 Å². The standard InChI is InChI=1S/C18H26N6O.HI/c1-19-18(21-7-2-10-25-13-15-3-4-15)23-12-16-5-6-17(22-11-16)24-9-8-20-14-24;/h5-6,8-9,11,14-15H,2-4,7,10,12-13H2,1H3,(H2,19,21,23);1H. The van der Waals surface area contributed by atoms with Crippen LogP contribution in [0.5, 0.6) is 0 Å². The van der Waals surface area contributed by atoms with E-state index in [2.05, 4.69) is 25.6 Å². The Morgan fingerprint density at radius 1 is 1.35 bits per heavy atom. The van der Waals surface area contributed by atoms with Crippen molar-refractivity contribution < 1.29 is 4.74 Å². The molecular formula is C18H27IN6O. The lowest BCUT2D eigenvalue weighted by Crippen LogP contribution is -2.37. The molecule has 1 aliphatic rings. The second-order valence-electron chi connectivity index (χ2n) is 6.22. The number of guanidine groups is 1. The van der Waals surface area contributed by atoms with Crippen LogP contribution in [0.15, 0.2) is 42.0 Å². The first kappa shape index (κ1) is 20.6. The summed E-state index contributed by atoms with van der Waals surface area (Å²) in [4.78, 5) is 12.7. The summed E-state index contributed by atoms with van der Waals surface area (Å²) in [6.07, 6.45) is 10.9. The van der Waals surface area contributed by atoms with Gasteiger partial charge in [0.05, 0.1) is 0 Å². The molecule has 2 heterocycles. The highest BCUT2D eigenvalue weighted by molar-refractivity contribution is 14.0. The van der Waals surface area contributed by atoms with Gasteiger partial charge in [0.15, 0.2) is 5.96 Å². The number of halogens is 1. The number of nitrogens with one attached hydrogen (secondary N) is 2. The zero-order valence-corrected chi connectivity index (χ0v) is 17.4. The Labute approximate surface area is 171 Å². The SMILES string of the molecule is CN=C(NCCCOCC1CC1)NCc1ccc(-n2ccnc2)nc1.I. The smallest absolute Gasteiger partial charge is 0.191 e. The van der Waals surface area contributed by atoms with Crippen molar-refractivity contribution in [1.29, 1.82) is 0 Å². The maximum absolute atomic E-state index is 5.63. The highest BCUT2D eigenvalue weighted by Gasteiger charge is 2.20. The average molecular weight is 470 g/mol. The summed E-state index contributed by atoms with van der Waals surface area (Å²) >= 11 is 0. The summed E-state index contributed by atoms with van der Waals surface area (Å²) in [6.45, 7) is 3.26. The third-order valence-corrected chi connectivity index (χ3v) is 4.07.